The van der Waals surface area contributed by atoms with Crippen LogP contribution in [0.2, 0.25) is 5.02 Å². The third-order valence-electron chi connectivity index (χ3n) is 4.22. The molecule has 2 aromatic carbocycles. The van der Waals surface area contributed by atoms with Crippen LogP contribution < -0.4 is 10.1 Å². The fourth-order valence-corrected chi connectivity index (χ4v) is 3.71. The van der Waals surface area contributed by atoms with Crippen molar-refractivity contribution in [3.63, 3.8) is 0 Å². The van der Waals surface area contributed by atoms with E-state index in [-0.39, 0.29) is 6.54 Å². The van der Waals surface area contributed by atoms with Crippen molar-refractivity contribution in [1.29, 1.82) is 0 Å². The number of nitrogens with one attached hydrogen (secondary N) is 2. The molecule has 3 N–H and O–H groups in total. The number of carbonyl (C=O) groups excluding carboxylic acids is 1. The highest BCUT2D eigenvalue weighted by Gasteiger charge is 2.15. The van der Waals surface area contributed by atoms with Gasteiger partial charge in [0, 0.05) is 22.8 Å². The predicted molar refractivity (Wildman–Crippen MR) is 113 cm³/mol. The molecule has 0 atom stereocenters. The fraction of sp³-hybridized carbons (Fsp3) is 0.200. The molecule has 0 radical (unpaired) electrons. The molecule has 8 heteroatoms. The molecule has 0 amide bonds. The van der Waals surface area contributed by atoms with E-state index in [1.165, 1.54) is 5.56 Å². The molecule has 0 saturated heterocycles. The normalized spacial score (nSPS) is 11.0. The van der Waals surface area contributed by atoms with Crippen LogP contribution in [0.3, 0.4) is 0 Å². The second-order valence-electron chi connectivity index (χ2n) is 6.56. The molecule has 6 nitrogen and oxygen atoms in total. The van der Waals surface area contributed by atoms with Gasteiger partial charge in [0.1, 0.15) is 5.75 Å². The summed E-state index contributed by atoms with van der Waals surface area (Å²) in [5.41, 5.74) is 2.74. The number of rotatable bonds is 7. The van der Waals surface area contributed by atoms with Gasteiger partial charge in [0.25, 0.3) is 5.78 Å². The Bertz CT molecular complexity index is 1040. The number of hydrogen-bond acceptors (Lipinski definition) is 4. The van der Waals surface area contributed by atoms with Crippen molar-refractivity contribution in [2.75, 3.05) is 11.9 Å². The Balaban J connectivity index is 1.84. The summed E-state index contributed by atoms with van der Waals surface area (Å²) in [6.45, 7) is 3.93. The van der Waals surface area contributed by atoms with Crippen LogP contribution in [0.5, 0.6) is 11.5 Å². The molecule has 0 bridgehead atoms. The highest BCUT2D eigenvalue weighted by Crippen LogP contribution is 2.40. The summed E-state index contributed by atoms with van der Waals surface area (Å²) in [5, 5.41) is 12.8. The van der Waals surface area contributed by atoms with E-state index in [0.717, 1.165) is 10.9 Å². The number of carboxylic acid groups (broad SMARTS) is 1. The summed E-state index contributed by atoms with van der Waals surface area (Å²) >= 11 is 9.75. The molecule has 0 aliphatic carbocycles. The number of carbonyl (C=O) groups is 2. The van der Waals surface area contributed by atoms with Crippen molar-refractivity contribution in [2.24, 2.45) is 0 Å². The zero-order valence-electron chi connectivity index (χ0n) is 15.2. The molecular formula is C20H18BrClN2O4. The number of benzene rings is 2. The molecule has 0 aliphatic heterocycles. The quantitative estimate of drug-likeness (QED) is 0.397. The second-order valence-corrected chi connectivity index (χ2v) is 7.82. The van der Waals surface area contributed by atoms with Crippen molar-refractivity contribution in [3.05, 3.63) is 51.6 Å². The van der Waals surface area contributed by atoms with Crippen LogP contribution >= 0.6 is 27.5 Å². The molecule has 1 heterocycles. The van der Waals surface area contributed by atoms with Gasteiger partial charge in [0.2, 0.25) is 0 Å². The summed E-state index contributed by atoms with van der Waals surface area (Å²) in [7, 11) is 0. The summed E-state index contributed by atoms with van der Waals surface area (Å²) in [5.74, 6) is -0.985. The van der Waals surface area contributed by atoms with E-state index in [2.05, 4.69) is 40.1 Å². The van der Waals surface area contributed by atoms with E-state index < -0.39 is 11.8 Å². The number of aromatic amines is 1. The van der Waals surface area contributed by atoms with E-state index in [4.69, 9.17) is 21.4 Å². The van der Waals surface area contributed by atoms with E-state index in [9.17, 15) is 9.59 Å². The summed E-state index contributed by atoms with van der Waals surface area (Å²) in [4.78, 5) is 25.1. The molecule has 0 spiro atoms. The summed E-state index contributed by atoms with van der Waals surface area (Å²) < 4.78 is 6.56. The highest BCUT2D eigenvalue weighted by molar-refractivity contribution is 9.10. The lowest BCUT2D eigenvalue weighted by Gasteiger charge is -2.13. The van der Waals surface area contributed by atoms with Crippen LogP contribution in [0.1, 0.15) is 25.3 Å². The number of carboxylic acids is 1. The SMILES string of the molecule is CC(C)c1c[nH]c2ccc(Oc3c(Cl)cc(NCC(=O)C(=O)O)cc3Br)cc12. The minimum Gasteiger partial charge on any atom is -0.475 e. The lowest BCUT2D eigenvalue weighted by molar-refractivity contribution is -0.148. The first kappa shape index (κ1) is 20.2. The van der Waals surface area contributed by atoms with E-state index in [1.807, 2.05) is 24.4 Å². The molecule has 0 aliphatic rings. The molecule has 1 aromatic heterocycles. The maximum absolute atomic E-state index is 11.2. The third-order valence-corrected chi connectivity index (χ3v) is 5.09. The van der Waals surface area contributed by atoms with Gasteiger partial charge in [-0.25, -0.2) is 4.79 Å². The van der Waals surface area contributed by atoms with Gasteiger partial charge in [0.15, 0.2) is 5.75 Å². The van der Waals surface area contributed by atoms with E-state index in [0.29, 0.717) is 32.6 Å². The van der Waals surface area contributed by atoms with Crippen LogP contribution in [-0.4, -0.2) is 28.4 Å². The Hall–Kier alpha value is -2.51. The Morgan fingerprint density at radius 2 is 2.04 bits per heavy atom. The third kappa shape index (κ3) is 4.31. The first-order valence-corrected chi connectivity index (χ1v) is 9.71. The van der Waals surface area contributed by atoms with Crippen LogP contribution in [0, 0.1) is 0 Å². The van der Waals surface area contributed by atoms with Gasteiger partial charge in [-0.3, -0.25) is 4.79 Å². The van der Waals surface area contributed by atoms with Crippen LogP contribution in [0.4, 0.5) is 5.69 Å². The average Bonchev–Trinajstić information content (AvgIpc) is 3.06. The minimum absolute atomic E-state index is 0.317. The number of aliphatic carboxylic acids is 1. The first-order valence-electron chi connectivity index (χ1n) is 8.54. The molecular weight excluding hydrogens is 448 g/mol. The monoisotopic (exact) mass is 464 g/mol. The number of halogens is 2. The maximum Gasteiger partial charge on any atom is 0.374 e. The first-order chi connectivity index (χ1) is 13.3. The second kappa shape index (κ2) is 8.24. The number of fused-ring (bicyclic) bond motifs is 1. The molecule has 28 heavy (non-hydrogen) atoms. The van der Waals surface area contributed by atoms with Gasteiger partial charge < -0.3 is 20.1 Å². The van der Waals surface area contributed by atoms with Crippen molar-refractivity contribution >= 4 is 55.9 Å². The lowest BCUT2D eigenvalue weighted by Crippen LogP contribution is -2.22. The summed E-state index contributed by atoms with van der Waals surface area (Å²) in [6, 6.07) is 9.01. The zero-order valence-corrected chi connectivity index (χ0v) is 17.5. The molecule has 3 rings (SSSR count). The molecule has 146 valence electrons. The standard InChI is InChI=1S/C20H18BrClN2O4/c1-10(2)14-8-24-17-4-3-12(7-13(14)17)28-19-15(21)5-11(6-16(19)22)23-9-18(25)20(26)27/h3-8,10,23-24H,9H2,1-2H3,(H,26,27). The smallest absolute Gasteiger partial charge is 0.374 e. The van der Waals surface area contributed by atoms with E-state index in [1.54, 1.807) is 12.1 Å². The lowest BCUT2D eigenvalue weighted by atomic mass is 10.0. The topological polar surface area (TPSA) is 91.4 Å². The molecule has 0 unspecified atom stereocenters. The predicted octanol–water partition coefficient (Wildman–Crippen LogP) is 5.57. The van der Waals surface area contributed by atoms with Crippen LogP contribution in [0.25, 0.3) is 10.9 Å². The Labute approximate surface area is 175 Å². The van der Waals surface area contributed by atoms with Crippen molar-refractivity contribution in [1.82, 2.24) is 4.98 Å². The Morgan fingerprint density at radius 1 is 1.29 bits per heavy atom. The number of Topliss-reactive ketones (excluding diaryl/α,β-unsaturated/α-hetero) is 1. The Kier molecular flexibility index (Phi) is 5.96. The minimum atomic E-state index is -1.49. The van der Waals surface area contributed by atoms with Crippen molar-refractivity contribution < 1.29 is 19.4 Å². The number of ether oxygens (including phenoxy) is 1. The number of anilines is 1. The average molecular weight is 466 g/mol. The van der Waals surface area contributed by atoms with Gasteiger partial charge in [-0.15, -0.1) is 0 Å². The van der Waals surface area contributed by atoms with E-state index >= 15 is 0 Å². The van der Waals surface area contributed by atoms with Gasteiger partial charge in [0.05, 0.1) is 16.0 Å². The number of ketones is 1. The van der Waals surface area contributed by atoms with Crippen LogP contribution in [0.15, 0.2) is 41.0 Å². The molecule has 0 fully saturated rings. The van der Waals surface area contributed by atoms with Crippen molar-refractivity contribution in [2.45, 2.75) is 19.8 Å². The maximum atomic E-state index is 11.2. The van der Waals surface area contributed by atoms with Gasteiger partial charge in [-0.2, -0.15) is 0 Å². The largest absolute Gasteiger partial charge is 0.475 e. The number of aromatic nitrogens is 1. The Morgan fingerprint density at radius 3 is 2.68 bits per heavy atom. The molecule has 3 aromatic rings. The zero-order chi connectivity index (χ0) is 20.4. The van der Waals surface area contributed by atoms with Crippen LogP contribution in [-0.2, 0) is 9.59 Å². The van der Waals surface area contributed by atoms with Gasteiger partial charge in [-0.1, -0.05) is 25.4 Å². The van der Waals surface area contributed by atoms with Gasteiger partial charge >= 0.3 is 5.97 Å². The fourth-order valence-electron chi connectivity index (χ4n) is 2.80. The highest BCUT2D eigenvalue weighted by atomic mass is 79.9. The van der Waals surface area contributed by atoms with Crippen molar-refractivity contribution in [3.8, 4) is 11.5 Å². The number of H-pyrrole nitrogens is 1. The number of hydrogen-bond donors (Lipinski definition) is 3. The summed E-state index contributed by atoms with van der Waals surface area (Å²) in [6.07, 6.45) is 2.00. The molecule has 0 saturated carbocycles. The van der Waals surface area contributed by atoms with Gasteiger partial charge in [-0.05, 0) is 57.7 Å².